The molecule has 0 amide bonds. The lowest BCUT2D eigenvalue weighted by molar-refractivity contribution is 0.252. The Labute approximate surface area is 127 Å². The molecule has 1 aliphatic heterocycles. The highest BCUT2D eigenvalue weighted by Gasteiger charge is 2.28. The number of thioether (sulfide) groups is 1. The van der Waals surface area contributed by atoms with Crippen molar-refractivity contribution in [2.45, 2.75) is 23.5 Å². The van der Waals surface area contributed by atoms with Crippen LogP contribution in [-0.2, 0) is 5.75 Å². The van der Waals surface area contributed by atoms with Crippen LogP contribution in [0.25, 0.3) is 0 Å². The van der Waals surface area contributed by atoms with Gasteiger partial charge in [0.25, 0.3) is 0 Å². The van der Waals surface area contributed by atoms with Crippen molar-refractivity contribution < 1.29 is 4.52 Å². The molecule has 1 fully saturated rings. The van der Waals surface area contributed by atoms with Crippen molar-refractivity contribution in [2.24, 2.45) is 5.92 Å². The van der Waals surface area contributed by atoms with E-state index in [4.69, 9.17) is 16.1 Å². The Bertz CT molecular complexity index is 568. The highest BCUT2D eigenvalue weighted by molar-refractivity contribution is 7.98. The van der Waals surface area contributed by atoms with E-state index in [0.29, 0.717) is 17.6 Å². The molecule has 0 radical (unpaired) electrons. The third kappa shape index (κ3) is 3.16. The number of hydrogen-bond acceptors (Lipinski definition) is 5. The number of hydrogen-bond donors (Lipinski definition) is 1. The minimum Gasteiger partial charge on any atom is -0.339 e. The predicted octanol–water partition coefficient (Wildman–Crippen LogP) is 3.34. The van der Waals surface area contributed by atoms with Crippen molar-refractivity contribution >= 4 is 23.4 Å². The minimum absolute atomic E-state index is 0.332. The Balaban J connectivity index is 1.58. The number of benzene rings is 1. The molecular weight excluding hydrogens is 294 g/mol. The molecule has 1 saturated heterocycles. The van der Waals surface area contributed by atoms with Crippen LogP contribution in [0.4, 0.5) is 0 Å². The monoisotopic (exact) mass is 309 g/mol. The third-order valence-corrected chi connectivity index (χ3v) is 4.84. The van der Waals surface area contributed by atoms with E-state index in [0.717, 1.165) is 34.7 Å². The second-order valence-electron chi connectivity index (χ2n) is 5.00. The van der Waals surface area contributed by atoms with Gasteiger partial charge in [-0.15, -0.1) is 11.8 Å². The molecule has 106 valence electrons. The molecule has 0 aliphatic carbocycles. The molecule has 2 aromatic rings. The third-order valence-electron chi connectivity index (χ3n) is 3.58. The highest BCUT2D eigenvalue weighted by atomic mass is 35.5. The summed E-state index contributed by atoms with van der Waals surface area (Å²) < 4.78 is 5.37. The van der Waals surface area contributed by atoms with Gasteiger partial charge in [-0.25, -0.2) is 0 Å². The van der Waals surface area contributed by atoms with Crippen molar-refractivity contribution in [3.8, 4) is 0 Å². The van der Waals surface area contributed by atoms with Crippen LogP contribution < -0.4 is 5.32 Å². The molecule has 0 saturated carbocycles. The zero-order chi connectivity index (χ0) is 13.9. The number of rotatable bonds is 5. The van der Waals surface area contributed by atoms with Crippen molar-refractivity contribution in [2.75, 3.05) is 13.1 Å². The van der Waals surface area contributed by atoms with E-state index >= 15 is 0 Å². The molecule has 3 rings (SSSR count). The quantitative estimate of drug-likeness (QED) is 0.859. The van der Waals surface area contributed by atoms with Crippen LogP contribution in [0.15, 0.2) is 33.7 Å². The SMILES string of the molecule is CC(c1nc(CSc2ccc(Cl)cc2)no1)C1CNC1. The van der Waals surface area contributed by atoms with Gasteiger partial charge >= 0.3 is 0 Å². The lowest BCUT2D eigenvalue weighted by atomic mass is 9.89. The normalized spacial score (nSPS) is 16.9. The standard InChI is InChI=1S/C14H16ClN3OS/c1-9(10-6-16-7-10)14-17-13(18-19-14)8-20-12-4-2-11(15)3-5-12/h2-5,9-10,16H,6-8H2,1H3. The van der Waals surface area contributed by atoms with E-state index < -0.39 is 0 Å². The van der Waals surface area contributed by atoms with Gasteiger partial charge in [0.05, 0.1) is 5.75 Å². The Morgan fingerprint density at radius 3 is 2.80 bits per heavy atom. The maximum atomic E-state index is 5.86. The molecule has 6 heteroatoms. The zero-order valence-electron chi connectivity index (χ0n) is 11.2. The summed E-state index contributed by atoms with van der Waals surface area (Å²) in [5.74, 6) is 3.16. The Morgan fingerprint density at radius 1 is 1.40 bits per heavy atom. The topological polar surface area (TPSA) is 51.0 Å². The van der Waals surface area contributed by atoms with E-state index in [1.165, 1.54) is 0 Å². The zero-order valence-corrected chi connectivity index (χ0v) is 12.7. The van der Waals surface area contributed by atoms with Crippen LogP contribution in [0.5, 0.6) is 0 Å². The highest BCUT2D eigenvalue weighted by Crippen LogP contribution is 2.27. The summed E-state index contributed by atoms with van der Waals surface area (Å²) in [7, 11) is 0. The summed E-state index contributed by atoms with van der Waals surface area (Å²) in [4.78, 5) is 5.64. The van der Waals surface area contributed by atoms with Gasteiger partial charge in [0.15, 0.2) is 5.82 Å². The Hall–Kier alpha value is -1.04. The molecule has 1 atom stereocenters. The largest absolute Gasteiger partial charge is 0.339 e. The second-order valence-corrected chi connectivity index (χ2v) is 6.48. The van der Waals surface area contributed by atoms with Crippen molar-refractivity contribution in [3.05, 3.63) is 41.0 Å². The molecule has 20 heavy (non-hydrogen) atoms. The molecule has 1 aliphatic rings. The number of nitrogens with zero attached hydrogens (tertiary/aromatic N) is 2. The fourth-order valence-corrected chi connectivity index (χ4v) is 2.92. The average molecular weight is 310 g/mol. The summed E-state index contributed by atoms with van der Waals surface area (Å²) in [6, 6.07) is 7.77. The van der Waals surface area contributed by atoms with Gasteiger partial charge < -0.3 is 9.84 Å². The lowest BCUT2D eigenvalue weighted by Crippen LogP contribution is -2.44. The lowest BCUT2D eigenvalue weighted by Gasteiger charge is -2.30. The van der Waals surface area contributed by atoms with Crippen LogP contribution in [0.3, 0.4) is 0 Å². The molecule has 2 heterocycles. The van der Waals surface area contributed by atoms with E-state index in [1.54, 1.807) is 11.8 Å². The van der Waals surface area contributed by atoms with Gasteiger partial charge in [-0.2, -0.15) is 4.98 Å². The molecule has 0 spiro atoms. The fraction of sp³-hybridized carbons (Fsp3) is 0.429. The van der Waals surface area contributed by atoms with E-state index in [-0.39, 0.29) is 0 Å². The van der Waals surface area contributed by atoms with Crippen molar-refractivity contribution in [1.82, 2.24) is 15.5 Å². The molecule has 1 aromatic carbocycles. The predicted molar refractivity (Wildman–Crippen MR) is 80.1 cm³/mol. The maximum Gasteiger partial charge on any atom is 0.229 e. The van der Waals surface area contributed by atoms with Crippen molar-refractivity contribution in [1.29, 1.82) is 0 Å². The van der Waals surface area contributed by atoms with Gasteiger partial charge in [0, 0.05) is 15.8 Å². The van der Waals surface area contributed by atoms with Gasteiger partial charge in [-0.3, -0.25) is 0 Å². The molecule has 4 nitrogen and oxygen atoms in total. The summed E-state index contributed by atoms with van der Waals surface area (Å²) in [6.07, 6.45) is 0. The summed E-state index contributed by atoms with van der Waals surface area (Å²) >= 11 is 7.54. The van der Waals surface area contributed by atoms with Crippen molar-refractivity contribution in [3.63, 3.8) is 0 Å². The fourth-order valence-electron chi connectivity index (χ4n) is 2.06. The smallest absolute Gasteiger partial charge is 0.229 e. The molecular formula is C14H16ClN3OS. The average Bonchev–Trinajstić information content (AvgIpc) is 2.85. The van der Waals surface area contributed by atoms with Gasteiger partial charge in [-0.1, -0.05) is 23.7 Å². The van der Waals surface area contributed by atoms with Crippen LogP contribution >= 0.6 is 23.4 Å². The number of nitrogens with one attached hydrogen (secondary N) is 1. The van der Waals surface area contributed by atoms with Gasteiger partial charge in [0.2, 0.25) is 5.89 Å². The first-order valence-electron chi connectivity index (χ1n) is 6.64. The molecule has 1 unspecified atom stereocenters. The summed E-state index contributed by atoms with van der Waals surface area (Å²) in [6.45, 7) is 4.23. The number of aromatic nitrogens is 2. The van der Waals surface area contributed by atoms with Crippen LogP contribution in [0, 0.1) is 5.92 Å². The Kier molecular flexibility index (Phi) is 4.29. The van der Waals surface area contributed by atoms with Crippen LogP contribution in [-0.4, -0.2) is 23.2 Å². The minimum atomic E-state index is 0.332. The van der Waals surface area contributed by atoms with E-state index in [1.807, 2.05) is 24.3 Å². The first kappa shape index (κ1) is 13.9. The molecule has 1 aromatic heterocycles. The van der Waals surface area contributed by atoms with E-state index in [2.05, 4.69) is 22.4 Å². The van der Waals surface area contributed by atoms with Gasteiger partial charge in [0.1, 0.15) is 0 Å². The Morgan fingerprint density at radius 2 is 2.15 bits per heavy atom. The van der Waals surface area contributed by atoms with E-state index in [9.17, 15) is 0 Å². The second kappa shape index (κ2) is 6.16. The first-order chi connectivity index (χ1) is 9.72. The maximum absolute atomic E-state index is 5.86. The first-order valence-corrected chi connectivity index (χ1v) is 8.00. The van der Waals surface area contributed by atoms with Gasteiger partial charge in [-0.05, 0) is 43.3 Å². The molecule has 0 bridgehead atoms. The summed E-state index contributed by atoms with van der Waals surface area (Å²) in [5.41, 5.74) is 0. The van der Waals surface area contributed by atoms with Crippen LogP contribution in [0.1, 0.15) is 24.6 Å². The number of halogens is 1. The summed E-state index contributed by atoms with van der Waals surface area (Å²) in [5, 5.41) is 8.07. The van der Waals surface area contributed by atoms with Crippen LogP contribution in [0.2, 0.25) is 5.02 Å². The molecule has 1 N–H and O–H groups in total.